The minimum atomic E-state index is -0.734. The number of ether oxygens (including phenoxy) is 2. The summed E-state index contributed by atoms with van der Waals surface area (Å²) in [6.07, 6.45) is 0.822. The van der Waals surface area contributed by atoms with Gasteiger partial charge in [-0.25, -0.2) is 4.39 Å². The molecule has 0 aromatic heterocycles. The molecular formula is C19H23FN2O4. The second kappa shape index (κ2) is 5.94. The van der Waals surface area contributed by atoms with Gasteiger partial charge in [-0.15, -0.1) is 0 Å². The minimum Gasteiger partial charge on any atom is -0.496 e. The molecule has 1 spiro atoms. The summed E-state index contributed by atoms with van der Waals surface area (Å²) < 4.78 is 25.1. The van der Waals surface area contributed by atoms with Crippen LogP contribution in [0.2, 0.25) is 0 Å². The average molecular weight is 362 g/mol. The molecule has 7 heteroatoms. The summed E-state index contributed by atoms with van der Waals surface area (Å²) >= 11 is 0. The molecule has 140 valence electrons. The summed E-state index contributed by atoms with van der Waals surface area (Å²) in [6.45, 7) is 5.11. The van der Waals surface area contributed by atoms with E-state index < -0.39 is 11.5 Å². The molecule has 1 aromatic carbocycles. The molecule has 3 aliphatic rings. The standard InChI is InChI=1S/C19H23FN2O4/c1-11(2)14-10-26-19-6-7-21(16(19)9-17(23)22(14)19)18(24)13-8-12(20)4-5-15(13)25-3/h4-5,8,11,14,16H,6-7,9-10H2,1-3H3/t14-,16+,19-/m0/s1. The Kier molecular flexibility index (Phi) is 3.95. The summed E-state index contributed by atoms with van der Waals surface area (Å²) in [5.41, 5.74) is -0.559. The Morgan fingerprint density at radius 3 is 2.88 bits per heavy atom. The number of methoxy groups -OCH3 is 1. The molecule has 3 heterocycles. The molecule has 3 atom stereocenters. The van der Waals surface area contributed by atoms with Gasteiger partial charge in [0.05, 0.1) is 37.8 Å². The first-order valence-electron chi connectivity index (χ1n) is 8.99. The lowest BCUT2D eigenvalue weighted by Gasteiger charge is -2.34. The van der Waals surface area contributed by atoms with E-state index in [2.05, 4.69) is 13.8 Å². The molecule has 0 aliphatic carbocycles. The lowest BCUT2D eigenvalue weighted by molar-refractivity contribution is -0.139. The van der Waals surface area contributed by atoms with Gasteiger partial charge in [0.2, 0.25) is 5.91 Å². The van der Waals surface area contributed by atoms with Crippen molar-refractivity contribution >= 4 is 11.8 Å². The molecule has 3 fully saturated rings. The molecule has 4 rings (SSSR count). The lowest BCUT2D eigenvalue weighted by atomic mass is 10.0. The van der Waals surface area contributed by atoms with Crippen LogP contribution in [0.3, 0.4) is 0 Å². The van der Waals surface area contributed by atoms with Gasteiger partial charge in [0, 0.05) is 13.0 Å². The highest BCUT2D eigenvalue weighted by atomic mass is 19.1. The van der Waals surface area contributed by atoms with E-state index in [9.17, 15) is 14.0 Å². The Morgan fingerprint density at radius 2 is 2.19 bits per heavy atom. The fraction of sp³-hybridized carbons (Fsp3) is 0.579. The number of benzene rings is 1. The summed E-state index contributed by atoms with van der Waals surface area (Å²) in [4.78, 5) is 29.3. The van der Waals surface area contributed by atoms with Crippen LogP contribution in [-0.4, -0.2) is 59.7 Å². The molecule has 0 radical (unpaired) electrons. The highest BCUT2D eigenvalue weighted by Gasteiger charge is 2.65. The fourth-order valence-electron chi connectivity index (χ4n) is 4.62. The first-order chi connectivity index (χ1) is 12.4. The Morgan fingerprint density at radius 1 is 1.42 bits per heavy atom. The van der Waals surface area contributed by atoms with Gasteiger partial charge >= 0.3 is 0 Å². The first kappa shape index (κ1) is 17.3. The van der Waals surface area contributed by atoms with Crippen molar-refractivity contribution in [1.29, 1.82) is 0 Å². The van der Waals surface area contributed by atoms with Crippen LogP contribution in [0.15, 0.2) is 18.2 Å². The second-order valence-electron chi connectivity index (χ2n) is 7.54. The Bertz CT molecular complexity index is 768. The van der Waals surface area contributed by atoms with Crippen LogP contribution in [0.1, 0.15) is 37.0 Å². The van der Waals surface area contributed by atoms with Crippen molar-refractivity contribution < 1.29 is 23.5 Å². The molecule has 2 amide bonds. The van der Waals surface area contributed by atoms with Crippen LogP contribution in [-0.2, 0) is 9.53 Å². The zero-order chi connectivity index (χ0) is 18.6. The van der Waals surface area contributed by atoms with E-state index in [4.69, 9.17) is 9.47 Å². The van der Waals surface area contributed by atoms with Gasteiger partial charge in [0.15, 0.2) is 5.72 Å². The van der Waals surface area contributed by atoms with Crippen LogP contribution in [0, 0.1) is 11.7 Å². The number of hydrogen-bond donors (Lipinski definition) is 0. The molecule has 3 saturated heterocycles. The zero-order valence-corrected chi connectivity index (χ0v) is 15.2. The number of halogens is 1. The topological polar surface area (TPSA) is 59.1 Å². The molecule has 0 unspecified atom stereocenters. The predicted octanol–water partition coefficient (Wildman–Crippen LogP) is 2.03. The van der Waals surface area contributed by atoms with E-state index in [0.29, 0.717) is 25.3 Å². The molecule has 6 nitrogen and oxygen atoms in total. The molecule has 0 saturated carbocycles. The summed E-state index contributed by atoms with van der Waals surface area (Å²) in [6, 6.07) is 3.58. The number of carbonyl (C=O) groups excluding carboxylic acids is 2. The van der Waals surface area contributed by atoms with E-state index in [0.717, 1.165) is 0 Å². The van der Waals surface area contributed by atoms with E-state index in [1.165, 1.54) is 25.3 Å². The number of rotatable bonds is 3. The molecule has 1 aromatic rings. The smallest absolute Gasteiger partial charge is 0.258 e. The maximum absolute atomic E-state index is 13.7. The third-order valence-corrected chi connectivity index (χ3v) is 5.91. The molecular weight excluding hydrogens is 339 g/mol. The maximum atomic E-state index is 13.7. The van der Waals surface area contributed by atoms with Crippen molar-refractivity contribution in [3.05, 3.63) is 29.6 Å². The van der Waals surface area contributed by atoms with Gasteiger partial charge in [0.1, 0.15) is 11.6 Å². The van der Waals surface area contributed by atoms with Crippen molar-refractivity contribution in [3.63, 3.8) is 0 Å². The van der Waals surface area contributed by atoms with E-state index in [1.807, 2.05) is 4.90 Å². The van der Waals surface area contributed by atoms with E-state index in [-0.39, 0.29) is 41.8 Å². The largest absolute Gasteiger partial charge is 0.496 e. The molecule has 26 heavy (non-hydrogen) atoms. The van der Waals surface area contributed by atoms with Gasteiger partial charge < -0.3 is 19.3 Å². The normalized spacial score (nSPS) is 30.1. The van der Waals surface area contributed by atoms with Crippen molar-refractivity contribution in [2.45, 2.75) is 44.5 Å². The molecule has 0 bridgehead atoms. The number of carbonyl (C=O) groups is 2. The fourth-order valence-corrected chi connectivity index (χ4v) is 4.62. The van der Waals surface area contributed by atoms with Crippen LogP contribution in [0.5, 0.6) is 5.75 Å². The maximum Gasteiger partial charge on any atom is 0.258 e. The average Bonchev–Trinajstić information content (AvgIpc) is 3.23. The third kappa shape index (κ3) is 2.26. The molecule has 0 N–H and O–H groups in total. The van der Waals surface area contributed by atoms with E-state index in [1.54, 1.807) is 4.90 Å². The zero-order valence-electron chi connectivity index (χ0n) is 15.2. The quantitative estimate of drug-likeness (QED) is 0.826. The first-order valence-corrected chi connectivity index (χ1v) is 8.99. The van der Waals surface area contributed by atoms with Crippen LogP contribution in [0.4, 0.5) is 4.39 Å². The Balaban J connectivity index is 1.67. The van der Waals surface area contributed by atoms with Gasteiger partial charge in [0.25, 0.3) is 5.91 Å². The summed E-state index contributed by atoms with van der Waals surface area (Å²) in [5, 5.41) is 0. The SMILES string of the molecule is COc1ccc(F)cc1C(=O)N1CC[C@@]23OC[C@@H](C(C)C)N2C(=O)C[C@@H]13. The lowest BCUT2D eigenvalue weighted by Crippen LogP contribution is -2.51. The Labute approximate surface area is 151 Å². The van der Waals surface area contributed by atoms with Crippen molar-refractivity contribution in [1.82, 2.24) is 9.80 Å². The van der Waals surface area contributed by atoms with Crippen molar-refractivity contribution in [2.75, 3.05) is 20.3 Å². The van der Waals surface area contributed by atoms with Crippen molar-refractivity contribution in [3.8, 4) is 5.75 Å². The number of nitrogens with zero attached hydrogens (tertiary/aromatic N) is 2. The summed E-state index contributed by atoms with van der Waals surface area (Å²) in [5.74, 6) is -0.190. The molecule has 3 aliphatic heterocycles. The highest BCUT2D eigenvalue weighted by Crippen LogP contribution is 2.49. The minimum absolute atomic E-state index is 0.0231. The van der Waals surface area contributed by atoms with Gasteiger partial charge in [-0.3, -0.25) is 9.59 Å². The monoisotopic (exact) mass is 362 g/mol. The number of likely N-dealkylation sites (tertiary alicyclic amines) is 1. The van der Waals surface area contributed by atoms with Crippen molar-refractivity contribution in [2.24, 2.45) is 5.92 Å². The number of amides is 2. The third-order valence-electron chi connectivity index (χ3n) is 5.91. The Hall–Kier alpha value is -2.15. The van der Waals surface area contributed by atoms with Gasteiger partial charge in [-0.1, -0.05) is 13.8 Å². The van der Waals surface area contributed by atoms with Crippen LogP contribution < -0.4 is 4.74 Å². The van der Waals surface area contributed by atoms with Gasteiger partial charge in [-0.05, 0) is 24.1 Å². The highest BCUT2D eigenvalue weighted by molar-refractivity contribution is 5.98. The predicted molar refractivity (Wildman–Crippen MR) is 91.2 cm³/mol. The van der Waals surface area contributed by atoms with Crippen LogP contribution in [0.25, 0.3) is 0 Å². The van der Waals surface area contributed by atoms with Gasteiger partial charge in [-0.2, -0.15) is 0 Å². The van der Waals surface area contributed by atoms with Crippen LogP contribution >= 0.6 is 0 Å². The second-order valence-corrected chi connectivity index (χ2v) is 7.54. The summed E-state index contributed by atoms with van der Waals surface area (Å²) in [7, 11) is 1.45. The van der Waals surface area contributed by atoms with E-state index >= 15 is 0 Å². The number of hydrogen-bond acceptors (Lipinski definition) is 4.